The molecule has 1 heterocycles. The normalized spacial score (nSPS) is 11.0. The second-order valence-corrected chi connectivity index (χ2v) is 5.76. The minimum absolute atomic E-state index is 0.662. The Kier molecular flexibility index (Phi) is 9.05. The van der Waals surface area contributed by atoms with E-state index in [0.717, 1.165) is 37.6 Å². The molecule has 0 amide bonds. The van der Waals surface area contributed by atoms with E-state index in [0.29, 0.717) is 5.92 Å². The van der Waals surface area contributed by atoms with Gasteiger partial charge in [-0.1, -0.05) is 52.5 Å². The maximum atomic E-state index is 5.82. The van der Waals surface area contributed by atoms with Crippen LogP contribution in [0.3, 0.4) is 0 Å². The standard InChI is InChI=1S/C17H30N2O/c1-4-5-6-7-8-12-20-17-16(10-9-11-19-17)14-18-13-15(2)3/h9-11,15,18H,4-8,12-14H2,1-3H3. The maximum absolute atomic E-state index is 5.82. The van der Waals surface area contributed by atoms with Crippen molar-refractivity contribution in [1.29, 1.82) is 0 Å². The molecule has 0 unspecified atom stereocenters. The summed E-state index contributed by atoms with van der Waals surface area (Å²) in [6.07, 6.45) is 8.10. The van der Waals surface area contributed by atoms with Gasteiger partial charge in [0.05, 0.1) is 6.61 Å². The fourth-order valence-electron chi connectivity index (χ4n) is 2.06. The Labute approximate surface area is 124 Å². The minimum atomic E-state index is 0.662. The Morgan fingerprint density at radius 2 is 2.00 bits per heavy atom. The number of hydrogen-bond acceptors (Lipinski definition) is 3. The van der Waals surface area contributed by atoms with Crippen molar-refractivity contribution in [2.45, 2.75) is 59.4 Å². The third-order valence-electron chi connectivity index (χ3n) is 3.20. The number of rotatable bonds is 11. The molecule has 0 fully saturated rings. The Balaban J connectivity index is 2.29. The zero-order chi connectivity index (χ0) is 14.6. The van der Waals surface area contributed by atoms with Crippen molar-refractivity contribution in [3.05, 3.63) is 23.9 Å². The van der Waals surface area contributed by atoms with Crippen molar-refractivity contribution in [2.24, 2.45) is 5.92 Å². The summed E-state index contributed by atoms with van der Waals surface area (Å²) in [4.78, 5) is 4.35. The van der Waals surface area contributed by atoms with Crippen LogP contribution in [0.1, 0.15) is 58.4 Å². The lowest BCUT2D eigenvalue weighted by Crippen LogP contribution is -2.19. The molecule has 20 heavy (non-hydrogen) atoms. The van der Waals surface area contributed by atoms with Gasteiger partial charge in [0, 0.05) is 18.3 Å². The van der Waals surface area contributed by atoms with Crippen molar-refractivity contribution < 1.29 is 4.74 Å². The van der Waals surface area contributed by atoms with Gasteiger partial charge in [-0.15, -0.1) is 0 Å². The Morgan fingerprint density at radius 3 is 2.75 bits per heavy atom. The first kappa shape index (κ1) is 17.0. The van der Waals surface area contributed by atoms with Gasteiger partial charge in [-0.05, 0) is 24.9 Å². The first-order valence-corrected chi connectivity index (χ1v) is 8.01. The van der Waals surface area contributed by atoms with Gasteiger partial charge in [-0.3, -0.25) is 0 Å². The maximum Gasteiger partial charge on any atom is 0.217 e. The highest BCUT2D eigenvalue weighted by atomic mass is 16.5. The van der Waals surface area contributed by atoms with E-state index in [1.54, 1.807) is 6.20 Å². The summed E-state index contributed by atoms with van der Waals surface area (Å²) in [6, 6.07) is 4.06. The van der Waals surface area contributed by atoms with E-state index in [1.807, 2.05) is 6.07 Å². The van der Waals surface area contributed by atoms with Crippen LogP contribution in [0.5, 0.6) is 5.88 Å². The molecule has 0 aromatic carbocycles. The SMILES string of the molecule is CCCCCCCOc1ncccc1CNCC(C)C. The Bertz CT molecular complexity index is 353. The van der Waals surface area contributed by atoms with Gasteiger partial charge in [0.25, 0.3) is 0 Å². The molecule has 1 aromatic rings. The molecule has 1 N–H and O–H groups in total. The van der Waals surface area contributed by atoms with Gasteiger partial charge in [-0.2, -0.15) is 0 Å². The topological polar surface area (TPSA) is 34.1 Å². The van der Waals surface area contributed by atoms with Crippen LogP contribution < -0.4 is 10.1 Å². The molecule has 3 heteroatoms. The van der Waals surface area contributed by atoms with Crippen LogP contribution in [0.15, 0.2) is 18.3 Å². The third kappa shape index (κ3) is 7.49. The molecule has 114 valence electrons. The minimum Gasteiger partial charge on any atom is -0.477 e. The van der Waals surface area contributed by atoms with E-state index in [1.165, 1.54) is 25.7 Å². The van der Waals surface area contributed by atoms with Crippen molar-refractivity contribution in [3.63, 3.8) is 0 Å². The van der Waals surface area contributed by atoms with Crippen LogP contribution in [0.4, 0.5) is 0 Å². The van der Waals surface area contributed by atoms with Crippen molar-refractivity contribution in [1.82, 2.24) is 10.3 Å². The van der Waals surface area contributed by atoms with Gasteiger partial charge < -0.3 is 10.1 Å². The lowest BCUT2D eigenvalue weighted by Gasteiger charge is -2.12. The van der Waals surface area contributed by atoms with Crippen molar-refractivity contribution in [2.75, 3.05) is 13.2 Å². The van der Waals surface area contributed by atoms with Gasteiger partial charge >= 0.3 is 0 Å². The van der Waals surface area contributed by atoms with Crippen LogP contribution in [0.25, 0.3) is 0 Å². The highest BCUT2D eigenvalue weighted by molar-refractivity contribution is 5.25. The van der Waals surface area contributed by atoms with Crippen LogP contribution >= 0.6 is 0 Å². The van der Waals surface area contributed by atoms with E-state index < -0.39 is 0 Å². The third-order valence-corrected chi connectivity index (χ3v) is 3.20. The number of hydrogen-bond donors (Lipinski definition) is 1. The quantitative estimate of drug-likeness (QED) is 0.617. The van der Waals surface area contributed by atoms with E-state index >= 15 is 0 Å². The fourth-order valence-corrected chi connectivity index (χ4v) is 2.06. The van der Waals surface area contributed by atoms with Crippen LogP contribution in [-0.4, -0.2) is 18.1 Å². The first-order chi connectivity index (χ1) is 9.74. The molecular formula is C17H30N2O. The number of unbranched alkanes of at least 4 members (excludes halogenated alkanes) is 4. The average Bonchev–Trinajstić information content (AvgIpc) is 2.44. The molecule has 1 rings (SSSR count). The molecular weight excluding hydrogens is 248 g/mol. The molecule has 1 aromatic heterocycles. The average molecular weight is 278 g/mol. The fraction of sp³-hybridized carbons (Fsp3) is 0.706. The summed E-state index contributed by atoms with van der Waals surface area (Å²) in [5, 5.41) is 3.44. The molecule has 0 spiro atoms. The van der Waals surface area contributed by atoms with Crippen LogP contribution in [0.2, 0.25) is 0 Å². The van der Waals surface area contributed by atoms with Crippen LogP contribution in [-0.2, 0) is 6.54 Å². The molecule has 0 aliphatic rings. The molecule has 0 aliphatic carbocycles. The second-order valence-electron chi connectivity index (χ2n) is 5.76. The number of aromatic nitrogens is 1. The number of nitrogens with one attached hydrogen (secondary N) is 1. The molecule has 0 bridgehead atoms. The first-order valence-electron chi connectivity index (χ1n) is 8.01. The van der Waals surface area contributed by atoms with Crippen LogP contribution in [0, 0.1) is 5.92 Å². The van der Waals surface area contributed by atoms with Gasteiger partial charge in [0.2, 0.25) is 5.88 Å². The summed E-state index contributed by atoms with van der Waals surface area (Å²) in [5.74, 6) is 1.45. The molecule has 0 atom stereocenters. The monoisotopic (exact) mass is 278 g/mol. The highest BCUT2D eigenvalue weighted by Crippen LogP contribution is 2.15. The van der Waals surface area contributed by atoms with Crippen molar-refractivity contribution >= 4 is 0 Å². The lowest BCUT2D eigenvalue weighted by molar-refractivity contribution is 0.289. The molecule has 0 radical (unpaired) electrons. The van der Waals surface area contributed by atoms with E-state index in [-0.39, 0.29) is 0 Å². The summed E-state index contributed by atoms with van der Waals surface area (Å²) >= 11 is 0. The van der Waals surface area contributed by atoms with Gasteiger partial charge in [0.15, 0.2) is 0 Å². The Morgan fingerprint density at radius 1 is 1.20 bits per heavy atom. The molecule has 0 aliphatic heterocycles. The number of ether oxygens (including phenoxy) is 1. The largest absolute Gasteiger partial charge is 0.477 e. The van der Waals surface area contributed by atoms with E-state index in [9.17, 15) is 0 Å². The predicted molar refractivity (Wildman–Crippen MR) is 85.0 cm³/mol. The van der Waals surface area contributed by atoms with E-state index in [4.69, 9.17) is 4.74 Å². The zero-order valence-corrected chi connectivity index (χ0v) is 13.3. The van der Waals surface area contributed by atoms with Gasteiger partial charge in [-0.25, -0.2) is 4.98 Å². The molecule has 0 saturated carbocycles. The summed E-state index contributed by atoms with van der Waals surface area (Å²) in [5.41, 5.74) is 1.15. The van der Waals surface area contributed by atoms with E-state index in [2.05, 4.69) is 37.1 Å². The van der Waals surface area contributed by atoms with Gasteiger partial charge in [0.1, 0.15) is 0 Å². The molecule has 3 nitrogen and oxygen atoms in total. The summed E-state index contributed by atoms with van der Waals surface area (Å²) in [7, 11) is 0. The smallest absolute Gasteiger partial charge is 0.217 e. The molecule has 0 saturated heterocycles. The lowest BCUT2D eigenvalue weighted by atomic mass is 10.2. The Hall–Kier alpha value is -1.09. The summed E-state index contributed by atoms with van der Waals surface area (Å²) in [6.45, 7) is 9.29. The summed E-state index contributed by atoms with van der Waals surface area (Å²) < 4.78 is 5.82. The highest BCUT2D eigenvalue weighted by Gasteiger charge is 2.04. The number of nitrogens with zero attached hydrogens (tertiary/aromatic N) is 1. The predicted octanol–water partition coefficient (Wildman–Crippen LogP) is 4.18. The van der Waals surface area contributed by atoms with Crippen molar-refractivity contribution in [3.8, 4) is 5.88 Å². The zero-order valence-electron chi connectivity index (χ0n) is 13.3. The number of pyridine rings is 1. The second kappa shape index (κ2) is 10.7.